The largest absolute Gasteiger partial charge is 0.507 e. The summed E-state index contributed by atoms with van der Waals surface area (Å²) >= 11 is 1.89. The first-order valence-electron chi connectivity index (χ1n) is 11.8. The number of phenolic OH excluding ortho intramolecular Hbond substituents is 1. The third kappa shape index (κ3) is 4.25. The monoisotopic (exact) mass is 468 g/mol. The molecule has 1 heterocycles. The van der Waals surface area contributed by atoms with Gasteiger partial charge in [0.05, 0.1) is 0 Å². The third-order valence-corrected chi connectivity index (χ3v) is 7.63. The average Bonchev–Trinajstić information content (AvgIpc) is 3.28. The fraction of sp³-hybridized carbons (Fsp3) is 0.0303. The predicted octanol–water partition coefficient (Wildman–Crippen LogP) is 9.20. The summed E-state index contributed by atoms with van der Waals surface area (Å²) in [6, 6.07) is 44.1. The summed E-state index contributed by atoms with van der Waals surface area (Å²) in [6.45, 7) is 0. The first kappa shape index (κ1) is 21.4. The fourth-order valence-corrected chi connectivity index (χ4v) is 5.97. The lowest BCUT2D eigenvalue weighted by molar-refractivity contribution is 0.477. The molecule has 1 aromatic heterocycles. The zero-order valence-corrected chi connectivity index (χ0v) is 20.0. The number of rotatable bonds is 5. The van der Waals surface area contributed by atoms with Crippen molar-refractivity contribution in [2.24, 2.45) is 0 Å². The molecule has 1 N–H and O–H groups in total. The highest BCUT2D eigenvalue weighted by Crippen LogP contribution is 2.41. The summed E-state index contributed by atoms with van der Waals surface area (Å²) < 4.78 is 1.32. The summed E-state index contributed by atoms with van der Waals surface area (Å²) in [7, 11) is 0. The summed E-state index contributed by atoms with van der Waals surface area (Å²) in [4.78, 5) is 1.39. The molecule has 0 aliphatic carbocycles. The average molecular weight is 469 g/mol. The SMILES string of the molecule is Oc1ccc(-c2ccc(-c3c(Cc4ccccc4)sc4ccccc34)cc2)cc1-c1ccccc1. The maximum absolute atomic E-state index is 10.5. The second kappa shape index (κ2) is 9.25. The molecule has 0 saturated carbocycles. The molecule has 6 aromatic rings. The van der Waals surface area contributed by atoms with Crippen LogP contribution in [0.3, 0.4) is 0 Å². The Labute approximate surface area is 209 Å². The minimum Gasteiger partial charge on any atom is -0.507 e. The molecule has 0 unspecified atom stereocenters. The van der Waals surface area contributed by atoms with Gasteiger partial charge in [0.15, 0.2) is 0 Å². The summed E-state index contributed by atoms with van der Waals surface area (Å²) in [6.07, 6.45) is 0.926. The number of fused-ring (bicyclic) bond motifs is 1. The van der Waals surface area contributed by atoms with Crippen molar-refractivity contribution in [3.63, 3.8) is 0 Å². The van der Waals surface area contributed by atoms with Gasteiger partial charge in [-0.25, -0.2) is 0 Å². The highest BCUT2D eigenvalue weighted by Gasteiger charge is 2.15. The van der Waals surface area contributed by atoms with Gasteiger partial charge in [0, 0.05) is 32.5 Å². The molecule has 0 fully saturated rings. The van der Waals surface area contributed by atoms with Crippen molar-refractivity contribution in [2.75, 3.05) is 0 Å². The first-order chi connectivity index (χ1) is 17.3. The van der Waals surface area contributed by atoms with Crippen molar-refractivity contribution in [3.05, 3.63) is 138 Å². The lowest BCUT2D eigenvalue weighted by Gasteiger charge is -2.10. The van der Waals surface area contributed by atoms with Crippen molar-refractivity contribution in [3.8, 4) is 39.1 Å². The molecule has 2 heteroatoms. The van der Waals surface area contributed by atoms with Crippen LogP contribution in [0.15, 0.2) is 127 Å². The van der Waals surface area contributed by atoms with E-state index in [1.165, 1.54) is 31.7 Å². The van der Waals surface area contributed by atoms with Crippen molar-refractivity contribution in [1.29, 1.82) is 0 Å². The van der Waals surface area contributed by atoms with E-state index in [1.54, 1.807) is 6.07 Å². The maximum Gasteiger partial charge on any atom is 0.123 e. The van der Waals surface area contributed by atoms with Gasteiger partial charge < -0.3 is 5.11 Å². The van der Waals surface area contributed by atoms with E-state index in [9.17, 15) is 5.11 Å². The van der Waals surface area contributed by atoms with Gasteiger partial charge in [-0.2, -0.15) is 0 Å². The molecule has 0 amide bonds. The van der Waals surface area contributed by atoms with E-state index in [0.717, 1.165) is 28.7 Å². The molecule has 35 heavy (non-hydrogen) atoms. The Balaban J connectivity index is 1.40. The lowest BCUT2D eigenvalue weighted by atomic mass is 9.95. The van der Waals surface area contributed by atoms with Gasteiger partial charge in [-0.15, -0.1) is 11.3 Å². The van der Waals surface area contributed by atoms with Gasteiger partial charge in [0.1, 0.15) is 5.75 Å². The van der Waals surface area contributed by atoms with Gasteiger partial charge in [-0.3, -0.25) is 0 Å². The van der Waals surface area contributed by atoms with E-state index in [0.29, 0.717) is 5.75 Å². The Kier molecular flexibility index (Phi) is 5.65. The maximum atomic E-state index is 10.5. The second-order valence-electron chi connectivity index (χ2n) is 8.73. The molecule has 5 aromatic carbocycles. The summed E-state index contributed by atoms with van der Waals surface area (Å²) in [5.74, 6) is 0.298. The minimum atomic E-state index is 0.298. The topological polar surface area (TPSA) is 20.2 Å². The quantitative estimate of drug-likeness (QED) is 0.267. The number of phenols is 1. The van der Waals surface area contributed by atoms with Crippen molar-refractivity contribution < 1.29 is 5.11 Å². The van der Waals surface area contributed by atoms with Gasteiger partial charge >= 0.3 is 0 Å². The molecule has 0 spiro atoms. The molecular formula is C33H24OS. The Morgan fingerprint density at radius 1 is 0.543 bits per heavy atom. The Morgan fingerprint density at radius 2 is 1.17 bits per heavy atom. The number of thiophene rings is 1. The molecule has 0 bridgehead atoms. The number of hydrogen-bond acceptors (Lipinski definition) is 2. The van der Waals surface area contributed by atoms with E-state index >= 15 is 0 Å². The van der Waals surface area contributed by atoms with Gasteiger partial charge in [0.25, 0.3) is 0 Å². The summed E-state index contributed by atoms with van der Waals surface area (Å²) in [5.41, 5.74) is 7.98. The number of benzene rings is 5. The number of aromatic hydroxyl groups is 1. The van der Waals surface area contributed by atoms with Crippen LogP contribution in [0.25, 0.3) is 43.5 Å². The summed E-state index contributed by atoms with van der Waals surface area (Å²) in [5, 5.41) is 11.8. The van der Waals surface area contributed by atoms with Crippen LogP contribution >= 0.6 is 11.3 Å². The predicted molar refractivity (Wildman–Crippen MR) is 149 cm³/mol. The highest BCUT2D eigenvalue weighted by molar-refractivity contribution is 7.19. The Bertz CT molecular complexity index is 1600. The Morgan fingerprint density at radius 3 is 1.94 bits per heavy atom. The fourth-order valence-electron chi connectivity index (χ4n) is 4.71. The van der Waals surface area contributed by atoms with Gasteiger partial charge in [0.2, 0.25) is 0 Å². The highest BCUT2D eigenvalue weighted by atomic mass is 32.1. The van der Waals surface area contributed by atoms with Crippen LogP contribution in [0.4, 0.5) is 0 Å². The van der Waals surface area contributed by atoms with E-state index < -0.39 is 0 Å². The lowest BCUT2D eigenvalue weighted by Crippen LogP contribution is -1.88. The zero-order chi connectivity index (χ0) is 23.6. The van der Waals surface area contributed by atoms with Crippen LogP contribution in [0, 0.1) is 0 Å². The molecule has 6 rings (SSSR count). The molecule has 1 nitrogen and oxygen atoms in total. The molecule has 0 atom stereocenters. The standard InChI is InChI=1S/C33H24OS/c34-30-20-19-27(22-29(30)25-11-5-2-6-12-25)24-15-17-26(18-16-24)33-28-13-7-8-14-31(28)35-32(33)21-23-9-3-1-4-10-23/h1-20,22,34H,21H2. The minimum absolute atomic E-state index is 0.298. The van der Waals surface area contributed by atoms with Crippen molar-refractivity contribution in [2.45, 2.75) is 6.42 Å². The van der Waals surface area contributed by atoms with E-state index in [-0.39, 0.29) is 0 Å². The molecule has 0 saturated heterocycles. The van der Waals surface area contributed by atoms with E-state index in [2.05, 4.69) is 84.9 Å². The Hall–Kier alpha value is -4.14. The van der Waals surface area contributed by atoms with Crippen molar-refractivity contribution >= 4 is 21.4 Å². The first-order valence-corrected chi connectivity index (χ1v) is 12.6. The van der Waals surface area contributed by atoms with Crippen LogP contribution in [-0.2, 0) is 6.42 Å². The molecule has 0 aliphatic rings. The molecule has 0 radical (unpaired) electrons. The molecular weight excluding hydrogens is 444 g/mol. The second-order valence-corrected chi connectivity index (χ2v) is 9.87. The zero-order valence-electron chi connectivity index (χ0n) is 19.2. The van der Waals surface area contributed by atoms with Crippen LogP contribution in [-0.4, -0.2) is 5.11 Å². The van der Waals surface area contributed by atoms with E-state index in [4.69, 9.17) is 0 Å². The van der Waals surface area contributed by atoms with E-state index in [1.807, 2.05) is 47.7 Å². The molecule has 168 valence electrons. The normalized spacial score (nSPS) is 11.1. The van der Waals surface area contributed by atoms with Crippen LogP contribution in [0.2, 0.25) is 0 Å². The van der Waals surface area contributed by atoms with Gasteiger partial charge in [-0.1, -0.05) is 109 Å². The molecule has 0 aliphatic heterocycles. The number of hydrogen-bond donors (Lipinski definition) is 1. The van der Waals surface area contributed by atoms with Crippen LogP contribution < -0.4 is 0 Å². The smallest absolute Gasteiger partial charge is 0.123 e. The van der Waals surface area contributed by atoms with Gasteiger partial charge in [-0.05, 0) is 46.0 Å². The van der Waals surface area contributed by atoms with Crippen molar-refractivity contribution in [1.82, 2.24) is 0 Å². The van der Waals surface area contributed by atoms with Crippen LogP contribution in [0.1, 0.15) is 10.4 Å². The van der Waals surface area contributed by atoms with Crippen LogP contribution in [0.5, 0.6) is 5.75 Å². The third-order valence-electron chi connectivity index (χ3n) is 6.46.